The largest absolute Gasteiger partial charge is 0.479 e. The molecule has 0 saturated carbocycles. The summed E-state index contributed by atoms with van der Waals surface area (Å²) in [6, 6.07) is 18.4. The predicted octanol–water partition coefficient (Wildman–Crippen LogP) is 4.20. The van der Waals surface area contributed by atoms with Crippen LogP contribution in [-0.4, -0.2) is 6.61 Å². The quantitative estimate of drug-likeness (QED) is 0.853. The summed E-state index contributed by atoms with van der Waals surface area (Å²) in [4.78, 5) is 0. The van der Waals surface area contributed by atoms with Crippen LogP contribution >= 0.6 is 15.9 Å². The summed E-state index contributed by atoms with van der Waals surface area (Å²) in [6.07, 6.45) is 0. The Kier molecular flexibility index (Phi) is 5.79. The Bertz CT molecular complexity index is 602. The van der Waals surface area contributed by atoms with E-state index in [2.05, 4.69) is 52.4 Å². The Morgan fingerprint density at radius 3 is 2.43 bits per heavy atom. The highest BCUT2D eigenvalue weighted by atomic mass is 79.9. The lowest BCUT2D eigenvalue weighted by atomic mass is 10.1. The van der Waals surface area contributed by atoms with Gasteiger partial charge in [0.15, 0.2) is 6.61 Å². The normalized spacial score (nSPS) is 11.7. The van der Waals surface area contributed by atoms with E-state index in [0.717, 1.165) is 16.8 Å². The van der Waals surface area contributed by atoms with Gasteiger partial charge in [-0.15, -0.1) is 0 Å². The van der Waals surface area contributed by atoms with Crippen molar-refractivity contribution in [3.8, 4) is 11.8 Å². The van der Waals surface area contributed by atoms with Crippen LogP contribution in [0.15, 0.2) is 53.0 Å². The van der Waals surface area contributed by atoms with E-state index >= 15 is 0 Å². The molecule has 0 unspecified atom stereocenters. The van der Waals surface area contributed by atoms with E-state index in [9.17, 15) is 0 Å². The van der Waals surface area contributed by atoms with Crippen LogP contribution in [0.2, 0.25) is 0 Å². The number of ether oxygens (including phenoxy) is 1. The van der Waals surface area contributed by atoms with Gasteiger partial charge in [0.05, 0.1) is 0 Å². The summed E-state index contributed by atoms with van der Waals surface area (Å²) in [5.74, 6) is 0.723. The molecule has 0 fully saturated rings. The number of hydrogen-bond donors (Lipinski definition) is 1. The highest BCUT2D eigenvalue weighted by molar-refractivity contribution is 9.10. The molecule has 0 aliphatic heterocycles. The van der Waals surface area contributed by atoms with Crippen molar-refractivity contribution in [2.45, 2.75) is 19.5 Å². The monoisotopic (exact) mass is 344 g/mol. The van der Waals surface area contributed by atoms with Crippen LogP contribution in [0.1, 0.15) is 24.1 Å². The number of nitrogens with zero attached hydrogens (tertiary/aromatic N) is 1. The average molecular weight is 345 g/mol. The van der Waals surface area contributed by atoms with Gasteiger partial charge in [-0.1, -0.05) is 40.2 Å². The standard InChI is InChI=1S/C17H17BrN2O/c1-13(15-4-6-16(18)7-5-15)20-12-14-2-8-17(9-3-14)21-11-10-19/h2-9,13,20H,11-12H2,1H3/t13-/m0/s1. The molecule has 1 N–H and O–H groups in total. The van der Waals surface area contributed by atoms with E-state index < -0.39 is 0 Å². The molecule has 3 nitrogen and oxygen atoms in total. The molecule has 0 heterocycles. The van der Waals surface area contributed by atoms with Crippen LogP contribution in [0.5, 0.6) is 5.75 Å². The highest BCUT2D eigenvalue weighted by Gasteiger charge is 2.04. The van der Waals surface area contributed by atoms with Crippen LogP contribution < -0.4 is 10.1 Å². The van der Waals surface area contributed by atoms with Crippen LogP contribution in [0.25, 0.3) is 0 Å². The maximum Gasteiger partial charge on any atom is 0.174 e. The summed E-state index contributed by atoms with van der Waals surface area (Å²) < 4.78 is 6.32. The van der Waals surface area contributed by atoms with E-state index in [-0.39, 0.29) is 12.6 Å². The van der Waals surface area contributed by atoms with Crippen molar-refractivity contribution in [3.05, 3.63) is 64.1 Å². The van der Waals surface area contributed by atoms with Gasteiger partial charge in [0.2, 0.25) is 0 Å². The Morgan fingerprint density at radius 1 is 1.14 bits per heavy atom. The molecule has 0 aromatic heterocycles. The Balaban J connectivity index is 1.87. The third-order valence-corrected chi connectivity index (χ3v) is 3.74. The molecule has 0 bridgehead atoms. The number of rotatable bonds is 6. The van der Waals surface area contributed by atoms with Gasteiger partial charge in [0.1, 0.15) is 11.8 Å². The summed E-state index contributed by atoms with van der Waals surface area (Å²) in [5.41, 5.74) is 2.44. The lowest BCUT2D eigenvalue weighted by Crippen LogP contribution is -2.17. The Morgan fingerprint density at radius 2 is 1.81 bits per heavy atom. The fourth-order valence-corrected chi connectivity index (χ4v) is 2.22. The number of halogens is 1. The maximum absolute atomic E-state index is 8.46. The minimum absolute atomic E-state index is 0.0815. The molecule has 0 radical (unpaired) electrons. The third kappa shape index (κ3) is 4.89. The summed E-state index contributed by atoms with van der Waals surface area (Å²) in [7, 11) is 0. The lowest BCUT2D eigenvalue weighted by Gasteiger charge is -2.14. The zero-order chi connectivity index (χ0) is 15.1. The molecular weight excluding hydrogens is 328 g/mol. The number of nitriles is 1. The molecule has 0 spiro atoms. The molecule has 0 amide bonds. The summed E-state index contributed by atoms with van der Waals surface area (Å²) in [6.45, 7) is 3.02. The third-order valence-electron chi connectivity index (χ3n) is 3.21. The van der Waals surface area contributed by atoms with Gasteiger partial charge in [-0.3, -0.25) is 0 Å². The lowest BCUT2D eigenvalue weighted by molar-refractivity contribution is 0.368. The number of benzene rings is 2. The highest BCUT2D eigenvalue weighted by Crippen LogP contribution is 2.17. The van der Waals surface area contributed by atoms with E-state index in [1.54, 1.807) is 0 Å². The molecular formula is C17H17BrN2O. The zero-order valence-corrected chi connectivity index (χ0v) is 13.4. The molecule has 2 aromatic carbocycles. The van der Waals surface area contributed by atoms with E-state index in [0.29, 0.717) is 0 Å². The second-order valence-corrected chi connectivity index (χ2v) is 5.66. The predicted molar refractivity (Wildman–Crippen MR) is 86.9 cm³/mol. The number of nitrogens with one attached hydrogen (secondary N) is 1. The fourth-order valence-electron chi connectivity index (χ4n) is 1.96. The van der Waals surface area contributed by atoms with Crippen LogP contribution in [0.4, 0.5) is 0 Å². The molecule has 2 aromatic rings. The van der Waals surface area contributed by atoms with Gasteiger partial charge in [-0.25, -0.2) is 0 Å². The van der Waals surface area contributed by atoms with E-state index in [4.69, 9.17) is 10.00 Å². The van der Waals surface area contributed by atoms with Crippen molar-refractivity contribution in [2.24, 2.45) is 0 Å². The fraction of sp³-hybridized carbons (Fsp3) is 0.235. The molecule has 21 heavy (non-hydrogen) atoms. The molecule has 0 aliphatic carbocycles. The van der Waals surface area contributed by atoms with Gasteiger partial charge < -0.3 is 10.1 Å². The van der Waals surface area contributed by atoms with Gasteiger partial charge >= 0.3 is 0 Å². The van der Waals surface area contributed by atoms with E-state index in [1.807, 2.05) is 30.3 Å². The van der Waals surface area contributed by atoms with Gasteiger partial charge in [-0.2, -0.15) is 5.26 Å². The first-order valence-electron chi connectivity index (χ1n) is 6.76. The Labute approximate surface area is 133 Å². The smallest absolute Gasteiger partial charge is 0.174 e. The topological polar surface area (TPSA) is 45.0 Å². The molecule has 0 aliphatic rings. The first kappa shape index (κ1) is 15.6. The average Bonchev–Trinajstić information content (AvgIpc) is 2.52. The van der Waals surface area contributed by atoms with Crippen molar-refractivity contribution in [3.63, 3.8) is 0 Å². The minimum Gasteiger partial charge on any atom is -0.479 e. The SMILES string of the molecule is C[C@H](NCc1ccc(OCC#N)cc1)c1ccc(Br)cc1. The zero-order valence-electron chi connectivity index (χ0n) is 11.8. The van der Waals surface area contributed by atoms with Crippen LogP contribution in [0, 0.1) is 11.3 Å². The minimum atomic E-state index is 0.0815. The maximum atomic E-state index is 8.46. The van der Waals surface area contributed by atoms with Gasteiger partial charge in [0, 0.05) is 17.1 Å². The van der Waals surface area contributed by atoms with Crippen molar-refractivity contribution >= 4 is 15.9 Å². The second-order valence-electron chi connectivity index (χ2n) is 4.74. The van der Waals surface area contributed by atoms with E-state index in [1.165, 1.54) is 11.1 Å². The van der Waals surface area contributed by atoms with Crippen molar-refractivity contribution in [2.75, 3.05) is 6.61 Å². The molecule has 2 rings (SSSR count). The van der Waals surface area contributed by atoms with Crippen LogP contribution in [0.3, 0.4) is 0 Å². The molecule has 108 valence electrons. The van der Waals surface area contributed by atoms with Crippen molar-refractivity contribution in [1.29, 1.82) is 5.26 Å². The summed E-state index contributed by atoms with van der Waals surface area (Å²) in [5, 5.41) is 12.0. The second kappa shape index (κ2) is 7.82. The number of hydrogen-bond acceptors (Lipinski definition) is 3. The molecule has 1 atom stereocenters. The van der Waals surface area contributed by atoms with Gasteiger partial charge in [0.25, 0.3) is 0 Å². The summed E-state index contributed by atoms with van der Waals surface area (Å²) >= 11 is 3.44. The van der Waals surface area contributed by atoms with Crippen molar-refractivity contribution < 1.29 is 4.74 Å². The van der Waals surface area contributed by atoms with Gasteiger partial charge in [-0.05, 0) is 42.3 Å². The van der Waals surface area contributed by atoms with Crippen LogP contribution in [-0.2, 0) is 6.54 Å². The first-order valence-corrected chi connectivity index (χ1v) is 7.56. The molecule has 0 saturated heterocycles. The first-order chi connectivity index (χ1) is 10.2. The Hall–Kier alpha value is -1.83. The van der Waals surface area contributed by atoms with Crippen molar-refractivity contribution in [1.82, 2.24) is 5.32 Å². The molecule has 4 heteroatoms.